The molecule has 1 amide bonds. The van der Waals surface area contributed by atoms with Crippen LogP contribution in [0.1, 0.15) is 31.4 Å². The highest BCUT2D eigenvalue weighted by atomic mass is 35.5. The van der Waals surface area contributed by atoms with Crippen LogP contribution in [-0.2, 0) is 4.79 Å². The Morgan fingerprint density at radius 3 is 2.80 bits per heavy atom. The number of benzene rings is 1. The summed E-state index contributed by atoms with van der Waals surface area (Å²) >= 11 is 12.4. The third kappa shape index (κ3) is 4.46. The Hall–Kier alpha value is -1.29. The smallest absolute Gasteiger partial charge is 0.229 e. The van der Waals surface area contributed by atoms with E-state index in [4.69, 9.17) is 23.2 Å². The zero-order chi connectivity index (χ0) is 17.8. The largest absolute Gasteiger partial charge is 0.347 e. The summed E-state index contributed by atoms with van der Waals surface area (Å²) in [4.78, 5) is 15.3. The summed E-state index contributed by atoms with van der Waals surface area (Å²) in [5.74, 6) is -0.524. The summed E-state index contributed by atoms with van der Waals surface area (Å²) in [6.07, 6.45) is 7.78. The first kappa shape index (κ1) is 18.5. The maximum atomic E-state index is 12.8. The highest BCUT2D eigenvalue weighted by Gasteiger charge is 2.31. The van der Waals surface area contributed by atoms with E-state index in [1.165, 1.54) is 12.8 Å². The second-order valence-corrected chi connectivity index (χ2v) is 7.73. The molecule has 1 aliphatic heterocycles. The van der Waals surface area contributed by atoms with Crippen LogP contribution >= 0.6 is 23.2 Å². The lowest BCUT2D eigenvalue weighted by Gasteiger charge is -2.30. The van der Waals surface area contributed by atoms with E-state index in [1.807, 2.05) is 24.3 Å². The molecule has 1 N–H and O–H groups in total. The van der Waals surface area contributed by atoms with Crippen molar-refractivity contribution in [2.24, 2.45) is 5.92 Å². The molecule has 3 unspecified atom stereocenters. The number of carbonyl (C=O) groups is 1. The molecule has 1 saturated heterocycles. The number of likely N-dealkylation sites (tertiary alicyclic amines) is 1. The molecule has 0 spiro atoms. The van der Waals surface area contributed by atoms with E-state index in [0.717, 1.165) is 18.7 Å². The molecule has 1 heterocycles. The number of hydrogen-bond acceptors (Lipinski definition) is 2. The van der Waals surface area contributed by atoms with Crippen molar-refractivity contribution >= 4 is 29.1 Å². The molecular formula is C20H24Cl2N2O. The third-order valence-electron chi connectivity index (χ3n) is 5.08. The molecule has 0 radical (unpaired) electrons. The van der Waals surface area contributed by atoms with Crippen LogP contribution in [0.25, 0.3) is 0 Å². The van der Waals surface area contributed by atoms with Gasteiger partial charge in [-0.15, -0.1) is 11.6 Å². The van der Waals surface area contributed by atoms with Crippen molar-refractivity contribution in [3.63, 3.8) is 0 Å². The van der Waals surface area contributed by atoms with Gasteiger partial charge in [-0.3, -0.25) is 9.69 Å². The molecule has 0 bridgehead atoms. The Labute approximate surface area is 159 Å². The molecule has 1 aromatic carbocycles. The van der Waals surface area contributed by atoms with Gasteiger partial charge in [-0.05, 0) is 37.9 Å². The highest BCUT2D eigenvalue weighted by molar-refractivity contribution is 6.38. The molecule has 3 rings (SSSR count). The first-order valence-electron chi connectivity index (χ1n) is 8.83. The number of amides is 1. The molecule has 3 nitrogen and oxygen atoms in total. The average molecular weight is 379 g/mol. The van der Waals surface area contributed by atoms with Gasteiger partial charge in [-0.1, -0.05) is 54.1 Å². The van der Waals surface area contributed by atoms with Crippen LogP contribution in [0, 0.1) is 5.92 Å². The van der Waals surface area contributed by atoms with Crippen molar-refractivity contribution in [1.82, 2.24) is 10.2 Å². The summed E-state index contributed by atoms with van der Waals surface area (Å²) in [5, 5.41) is 3.20. The maximum absolute atomic E-state index is 12.8. The van der Waals surface area contributed by atoms with Crippen molar-refractivity contribution in [2.75, 3.05) is 13.1 Å². The van der Waals surface area contributed by atoms with E-state index in [-0.39, 0.29) is 11.9 Å². The molecule has 0 saturated carbocycles. The van der Waals surface area contributed by atoms with Gasteiger partial charge in [0, 0.05) is 17.6 Å². The molecule has 0 aromatic heterocycles. The van der Waals surface area contributed by atoms with Gasteiger partial charge in [0.2, 0.25) is 5.91 Å². The molecule has 25 heavy (non-hydrogen) atoms. The van der Waals surface area contributed by atoms with Crippen LogP contribution in [0.4, 0.5) is 0 Å². The van der Waals surface area contributed by atoms with Crippen LogP contribution in [0.5, 0.6) is 0 Å². The summed E-state index contributed by atoms with van der Waals surface area (Å²) in [7, 11) is 0. The second kappa shape index (κ2) is 8.39. The molecule has 1 aromatic rings. The van der Waals surface area contributed by atoms with Crippen molar-refractivity contribution in [2.45, 2.75) is 37.2 Å². The number of nitrogens with one attached hydrogen (secondary N) is 1. The van der Waals surface area contributed by atoms with Gasteiger partial charge in [0.05, 0.1) is 17.3 Å². The number of allylic oxidation sites excluding steroid dienone is 3. The van der Waals surface area contributed by atoms with Gasteiger partial charge in [0.1, 0.15) is 0 Å². The quantitative estimate of drug-likeness (QED) is 0.776. The predicted molar refractivity (Wildman–Crippen MR) is 104 cm³/mol. The lowest BCUT2D eigenvalue weighted by Crippen LogP contribution is -2.43. The molecule has 5 heteroatoms. The van der Waals surface area contributed by atoms with E-state index in [2.05, 4.69) is 29.3 Å². The van der Waals surface area contributed by atoms with Gasteiger partial charge in [-0.2, -0.15) is 0 Å². The Morgan fingerprint density at radius 2 is 2.12 bits per heavy atom. The number of nitrogens with zero attached hydrogens (tertiary/aromatic N) is 1. The fraction of sp³-hybridized carbons (Fsp3) is 0.450. The molecule has 134 valence electrons. The summed E-state index contributed by atoms with van der Waals surface area (Å²) in [6.45, 7) is 4.14. The van der Waals surface area contributed by atoms with E-state index in [0.29, 0.717) is 11.1 Å². The Morgan fingerprint density at radius 1 is 1.36 bits per heavy atom. The standard InChI is InChI=1S/C20H24Cl2N2O/c1-14-7-6-12-24(14)13-18(15-8-3-2-4-9-15)23-20(25)16-10-5-11-17(21)19(16)22/h2-5,8-11,14,16,18-19H,6-7,12-13H2,1H3,(H,23,25)/t14?,16?,18-,19?/m1/s1. The number of hydrogen-bond donors (Lipinski definition) is 1. The van der Waals surface area contributed by atoms with E-state index in [1.54, 1.807) is 12.2 Å². The number of rotatable bonds is 5. The van der Waals surface area contributed by atoms with Crippen LogP contribution in [-0.4, -0.2) is 35.3 Å². The summed E-state index contributed by atoms with van der Waals surface area (Å²) in [5.41, 5.74) is 1.11. The minimum atomic E-state index is -0.506. The van der Waals surface area contributed by atoms with E-state index in [9.17, 15) is 4.79 Å². The highest BCUT2D eigenvalue weighted by Crippen LogP contribution is 2.29. The average Bonchev–Trinajstić information content (AvgIpc) is 3.02. The van der Waals surface area contributed by atoms with Crippen LogP contribution in [0.2, 0.25) is 0 Å². The molecular weight excluding hydrogens is 355 g/mol. The Bertz CT molecular complexity index is 659. The van der Waals surface area contributed by atoms with E-state index >= 15 is 0 Å². The monoisotopic (exact) mass is 378 g/mol. The van der Waals surface area contributed by atoms with Gasteiger partial charge >= 0.3 is 0 Å². The fourth-order valence-corrected chi connectivity index (χ4v) is 4.01. The summed E-state index contributed by atoms with van der Waals surface area (Å²) in [6, 6.07) is 10.6. The van der Waals surface area contributed by atoms with Crippen LogP contribution in [0.3, 0.4) is 0 Å². The molecule has 4 atom stereocenters. The number of carbonyl (C=O) groups excluding carboxylic acids is 1. The molecule has 2 aliphatic rings. The Balaban J connectivity index is 1.74. The van der Waals surface area contributed by atoms with Gasteiger partial charge in [-0.25, -0.2) is 0 Å². The van der Waals surface area contributed by atoms with Gasteiger partial charge in [0.25, 0.3) is 0 Å². The lowest BCUT2D eigenvalue weighted by atomic mass is 9.97. The third-order valence-corrected chi connectivity index (χ3v) is 6.06. The fourth-order valence-electron chi connectivity index (χ4n) is 3.53. The molecule has 1 fully saturated rings. The van der Waals surface area contributed by atoms with Crippen LogP contribution < -0.4 is 5.32 Å². The van der Waals surface area contributed by atoms with Gasteiger partial charge < -0.3 is 5.32 Å². The lowest BCUT2D eigenvalue weighted by molar-refractivity contribution is -0.124. The van der Waals surface area contributed by atoms with Gasteiger partial charge in [0.15, 0.2) is 0 Å². The van der Waals surface area contributed by atoms with Crippen LogP contribution in [0.15, 0.2) is 53.6 Å². The minimum Gasteiger partial charge on any atom is -0.347 e. The maximum Gasteiger partial charge on any atom is 0.229 e. The number of halogens is 2. The zero-order valence-electron chi connectivity index (χ0n) is 14.4. The predicted octanol–water partition coefficient (Wildman–Crippen LogP) is 4.24. The minimum absolute atomic E-state index is 0.0591. The van der Waals surface area contributed by atoms with Crippen molar-refractivity contribution in [3.05, 3.63) is 59.2 Å². The normalized spacial score (nSPS) is 27.8. The van der Waals surface area contributed by atoms with Crippen molar-refractivity contribution in [3.8, 4) is 0 Å². The number of alkyl halides is 1. The SMILES string of the molecule is CC1CCCN1C[C@@H](NC(=O)C1C=CC=C(Cl)C1Cl)c1ccccc1. The van der Waals surface area contributed by atoms with E-state index < -0.39 is 11.3 Å². The Kier molecular flexibility index (Phi) is 6.21. The van der Waals surface area contributed by atoms with Crippen molar-refractivity contribution < 1.29 is 4.79 Å². The first-order valence-corrected chi connectivity index (χ1v) is 9.65. The topological polar surface area (TPSA) is 32.3 Å². The first-order chi connectivity index (χ1) is 12.1. The second-order valence-electron chi connectivity index (χ2n) is 6.82. The zero-order valence-corrected chi connectivity index (χ0v) is 15.9. The van der Waals surface area contributed by atoms with Crippen molar-refractivity contribution in [1.29, 1.82) is 0 Å². The summed E-state index contributed by atoms with van der Waals surface area (Å²) < 4.78 is 0. The molecule has 1 aliphatic carbocycles.